The van der Waals surface area contributed by atoms with E-state index in [2.05, 4.69) is 14.4 Å². The molecular formula is C6H6N2O4S. The van der Waals surface area contributed by atoms with Crippen LogP contribution >= 0.6 is 0 Å². The highest BCUT2D eigenvalue weighted by molar-refractivity contribution is 7.80. The second kappa shape index (κ2) is 3.97. The first kappa shape index (κ1) is 9.62. The van der Waals surface area contributed by atoms with Crippen molar-refractivity contribution >= 4 is 16.6 Å². The molecule has 0 aliphatic rings. The molecule has 0 fully saturated rings. The van der Waals surface area contributed by atoms with Crippen LogP contribution in [0.25, 0.3) is 0 Å². The van der Waals surface area contributed by atoms with Crippen molar-refractivity contribution < 1.29 is 17.3 Å². The van der Waals surface area contributed by atoms with Crippen molar-refractivity contribution in [2.24, 2.45) is 5.16 Å². The van der Waals surface area contributed by atoms with Crippen molar-refractivity contribution in [3.05, 3.63) is 30.1 Å². The van der Waals surface area contributed by atoms with E-state index >= 15 is 0 Å². The minimum Gasteiger partial charge on any atom is -0.264 e. The molecule has 1 aromatic heterocycles. The number of aromatic nitrogens is 1. The number of hydrogen-bond donors (Lipinski definition) is 1. The Balaban J connectivity index is 2.61. The lowest BCUT2D eigenvalue weighted by atomic mass is 10.3. The van der Waals surface area contributed by atoms with E-state index in [1.54, 1.807) is 18.3 Å². The molecule has 0 spiro atoms. The smallest absolute Gasteiger partial charge is 0.264 e. The fourth-order valence-electron chi connectivity index (χ4n) is 0.589. The number of rotatable bonds is 3. The highest BCUT2D eigenvalue weighted by atomic mass is 32.3. The van der Waals surface area contributed by atoms with Gasteiger partial charge < -0.3 is 0 Å². The molecule has 0 aliphatic heterocycles. The topological polar surface area (TPSA) is 88.9 Å². The third kappa shape index (κ3) is 4.19. The molecule has 0 saturated heterocycles. The lowest BCUT2D eigenvalue weighted by molar-refractivity contribution is 0.284. The van der Waals surface area contributed by atoms with Gasteiger partial charge in [-0.3, -0.25) is 9.54 Å². The van der Waals surface area contributed by atoms with E-state index in [-0.39, 0.29) is 0 Å². The predicted molar refractivity (Wildman–Crippen MR) is 44.5 cm³/mol. The van der Waals surface area contributed by atoms with Crippen LogP contribution in [0, 0.1) is 0 Å². The second-order valence-corrected chi connectivity index (χ2v) is 3.03. The van der Waals surface area contributed by atoms with Gasteiger partial charge in [-0.25, -0.2) is 4.28 Å². The van der Waals surface area contributed by atoms with Crippen molar-refractivity contribution in [1.82, 2.24) is 4.98 Å². The molecule has 0 amide bonds. The van der Waals surface area contributed by atoms with Gasteiger partial charge >= 0.3 is 10.4 Å². The maximum Gasteiger partial charge on any atom is 0.466 e. The molecule has 1 N–H and O–H groups in total. The zero-order chi connectivity index (χ0) is 9.73. The third-order valence-corrected chi connectivity index (χ3v) is 1.30. The Hall–Kier alpha value is -1.47. The van der Waals surface area contributed by atoms with Crippen LogP contribution in [0.15, 0.2) is 29.7 Å². The summed E-state index contributed by atoms with van der Waals surface area (Å²) < 4.78 is 31.9. The Morgan fingerprint density at radius 3 is 2.92 bits per heavy atom. The van der Waals surface area contributed by atoms with E-state index in [1.807, 2.05) is 0 Å². The highest BCUT2D eigenvalue weighted by Crippen LogP contribution is 1.92. The number of nitrogens with zero attached hydrogens (tertiary/aromatic N) is 2. The van der Waals surface area contributed by atoms with Crippen LogP contribution in [-0.4, -0.2) is 24.2 Å². The summed E-state index contributed by atoms with van der Waals surface area (Å²) in [5.74, 6) is 0. The monoisotopic (exact) mass is 202 g/mol. The standard InChI is InChI=1S/C6H6N2O4S/c9-13(10,11)12-8-5-6-2-1-3-7-4-6/h1-5H,(H,9,10,11). The van der Waals surface area contributed by atoms with E-state index in [4.69, 9.17) is 4.55 Å². The summed E-state index contributed by atoms with van der Waals surface area (Å²) in [5, 5.41) is 3.01. The molecule has 13 heavy (non-hydrogen) atoms. The van der Waals surface area contributed by atoms with Gasteiger partial charge in [0.15, 0.2) is 0 Å². The average molecular weight is 202 g/mol. The predicted octanol–water partition coefficient (Wildman–Crippen LogP) is 0.235. The van der Waals surface area contributed by atoms with Gasteiger partial charge in [-0.1, -0.05) is 11.2 Å². The molecule has 0 aliphatic carbocycles. The van der Waals surface area contributed by atoms with Crippen molar-refractivity contribution in [3.8, 4) is 0 Å². The van der Waals surface area contributed by atoms with Crippen LogP contribution in [0.2, 0.25) is 0 Å². The number of pyridine rings is 1. The second-order valence-electron chi connectivity index (χ2n) is 2.02. The molecule has 1 aromatic rings. The van der Waals surface area contributed by atoms with E-state index in [0.29, 0.717) is 5.56 Å². The Bertz CT molecular complexity index is 386. The van der Waals surface area contributed by atoms with Gasteiger partial charge in [0.05, 0.1) is 6.21 Å². The number of oxime groups is 1. The SMILES string of the molecule is O=S(=O)(O)ON=Cc1cccnc1. The minimum absolute atomic E-state index is 0.561. The van der Waals surface area contributed by atoms with Crippen LogP contribution in [0.1, 0.15) is 5.56 Å². The number of hydrogen-bond acceptors (Lipinski definition) is 5. The van der Waals surface area contributed by atoms with Gasteiger partial charge in [0.25, 0.3) is 0 Å². The fraction of sp³-hybridized carbons (Fsp3) is 0. The zero-order valence-electron chi connectivity index (χ0n) is 6.36. The average Bonchev–Trinajstić information content (AvgIpc) is 2.04. The van der Waals surface area contributed by atoms with Crippen LogP contribution < -0.4 is 0 Å². The molecule has 1 heterocycles. The Morgan fingerprint density at radius 2 is 2.38 bits per heavy atom. The molecular weight excluding hydrogens is 196 g/mol. The first-order chi connectivity index (χ1) is 6.08. The summed E-state index contributed by atoms with van der Waals surface area (Å²) in [6.45, 7) is 0. The van der Waals surface area contributed by atoms with E-state index in [9.17, 15) is 8.42 Å². The van der Waals surface area contributed by atoms with Crippen LogP contribution in [0.5, 0.6) is 0 Å². The molecule has 0 saturated carbocycles. The molecule has 1 rings (SSSR count). The van der Waals surface area contributed by atoms with Gasteiger partial charge in [0.2, 0.25) is 0 Å². The molecule has 6 nitrogen and oxygen atoms in total. The fourth-order valence-corrected chi connectivity index (χ4v) is 0.741. The first-order valence-corrected chi connectivity index (χ1v) is 4.54. The molecule has 7 heteroatoms. The summed E-state index contributed by atoms with van der Waals surface area (Å²) in [6, 6.07) is 3.29. The molecule has 0 unspecified atom stereocenters. The molecule has 0 aromatic carbocycles. The zero-order valence-corrected chi connectivity index (χ0v) is 7.18. The van der Waals surface area contributed by atoms with Crippen molar-refractivity contribution in [1.29, 1.82) is 0 Å². The normalized spacial score (nSPS) is 11.8. The first-order valence-electron chi connectivity index (χ1n) is 3.17. The van der Waals surface area contributed by atoms with E-state index in [0.717, 1.165) is 6.21 Å². The lowest BCUT2D eigenvalue weighted by Crippen LogP contribution is -1.98. The van der Waals surface area contributed by atoms with Gasteiger partial charge in [-0.05, 0) is 6.07 Å². The van der Waals surface area contributed by atoms with Gasteiger partial charge in [-0.2, -0.15) is 8.42 Å². The summed E-state index contributed by atoms with van der Waals surface area (Å²) in [7, 11) is -4.51. The summed E-state index contributed by atoms with van der Waals surface area (Å²) >= 11 is 0. The largest absolute Gasteiger partial charge is 0.466 e. The molecule has 0 atom stereocenters. The lowest BCUT2D eigenvalue weighted by Gasteiger charge is -1.90. The Labute approximate surface area is 74.8 Å². The van der Waals surface area contributed by atoms with Crippen LogP contribution in [0.3, 0.4) is 0 Å². The maximum atomic E-state index is 10.0. The summed E-state index contributed by atoms with van der Waals surface area (Å²) in [6.07, 6.45) is 4.12. The Kier molecular flexibility index (Phi) is 2.93. The summed E-state index contributed by atoms with van der Waals surface area (Å²) in [4.78, 5) is 3.74. The molecule has 0 bridgehead atoms. The van der Waals surface area contributed by atoms with Gasteiger partial charge in [0.1, 0.15) is 0 Å². The highest BCUT2D eigenvalue weighted by Gasteiger charge is 2.00. The van der Waals surface area contributed by atoms with Crippen molar-refractivity contribution in [3.63, 3.8) is 0 Å². The van der Waals surface area contributed by atoms with Crippen LogP contribution in [0.4, 0.5) is 0 Å². The Morgan fingerprint density at radius 1 is 1.62 bits per heavy atom. The van der Waals surface area contributed by atoms with Gasteiger partial charge in [0, 0.05) is 18.0 Å². The third-order valence-electron chi connectivity index (χ3n) is 1.02. The summed E-state index contributed by atoms with van der Waals surface area (Å²) in [5.41, 5.74) is 0.561. The molecule has 70 valence electrons. The van der Waals surface area contributed by atoms with Crippen molar-refractivity contribution in [2.45, 2.75) is 0 Å². The maximum absolute atomic E-state index is 10.0. The van der Waals surface area contributed by atoms with E-state index in [1.165, 1.54) is 6.20 Å². The van der Waals surface area contributed by atoms with Crippen LogP contribution in [-0.2, 0) is 14.7 Å². The minimum atomic E-state index is -4.51. The van der Waals surface area contributed by atoms with Crippen molar-refractivity contribution in [2.75, 3.05) is 0 Å². The quantitative estimate of drug-likeness (QED) is 0.430. The van der Waals surface area contributed by atoms with E-state index < -0.39 is 10.4 Å². The molecule has 0 radical (unpaired) electrons. The van der Waals surface area contributed by atoms with Gasteiger partial charge in [-0.15, -0.1) is 0 Å².